The molecule has 9 heteroatoms. The molecule has 9 nitrogen and oxygen atoms in total. The number of nitrogens with one attached hydrogen (secondary N) is 4. The number of rotatable bonds is 8. The van der Waals surface area contributed by atoms with E-state index in [1.165, 1.54) is 0 Å². The minimum absolute atomic E-state index is 0.0822. The van der Waals surface area contributed by atoms with Crippen molar-refractivity contribution in [1.29, 1.82) is 0 Å². The Balaban J connectivity index is 1.71. The molecule has 0 atom stereocenters. The van der Waals surface area contributed by atoms with E-state index >= 15 is 0 Å². The summed E-state index contributed by atoms with van der Waals surface area (Å²) in [5.74, 6) is -0.985. The first kappa shape index (κ1) is 24.4. The fourth-order valence-electron chi connectivity index (χ4n) is 2.51. The summed E-state index contributed by atoms with van der Waals surface area (Å²) >= 11 is 0. The van der Waals surface area contributed by atoms with Crippen LogP contribution in [0, 0.1) is 0 Å². The summed E-state index contributed by atoms with van der Waals surface area (Å²) in [4.78, 5) is 47.5. The average molecular weight is 441 g/mol. The fraction of sp³-hybridized carbons (Fsp3) is 0.304. The van der Waals surface area contributed by atoms with Gasteiger partial charge in [-0.25, -0.2) is 4.79 Å². The minimum Gasteiger partial charge on any atom is -0.444 e. The number of carbonyl (C=O) groups excluding carboxylic acids is 4. The Labute approximate surface area is 186 Å². The Hall–Kier alpha value is -3.88. The van der Waals surface area contributed by atoms with E-state index in [2.05, 4.69) is 21.3 Å². The summed E-state index contributed by atoms with van der Waals surface area (Å²) < 4.78 is 5.10. The zero-order chi connectivity index (χ0) is 23.6. The maximum absolute atomic E-state index is 12.0. The molecule has 4 N–H and O–H groups in total. The number of hydrogen-bond acceptors (Lipinski definition) is 5. The molecule has 0 radical (unpaired) electrons. The molecule has 0 spiro atoms. The second-order valence-corrected chi connectivity index (χ2v) is 7.90. The Morgan fingerprint density at radius 2 is 1.34 bits per heavy atom. The third-order valence-electron chi connectivity index (χ3n) is 3.92. The van der Waals surface area contributed by atoms with Crippen LogP contribution in [0.15, 0.2) is 54.6 Å². The van der Waals surface area contributed by atoms with Gasteiger partial charge in [0.1, 0.15) is 5.60 Å². The lowest BCUT2D eigenvalue weighted by Gasteiger charge is -2.19. The van der Waals surface area contributed by atoms with Crippen LogP contribution in [0.3, 0.4) is 0 Å². The summed E-state index contributed by atoms with van der Waals surface area (Å²) in [6, 6.07) is 15.1. The maximum Gasteiger partial charge on any atom is 0.407 e. The fourth-order valence-corrected chi connectivity index (χ4v) is 2.51. The van der Waals surface area contributed by atoms with Crippen molar-refractivity contribution in [3.63, 3.8) is 0 Å². The van der Waals surface area contributed by atoms with Crippen LogP contribution in [-0.2, 0) is 14.3 Å². The second kappa shape index (κ2) is 11.5. The van der Waals surface area contributed by atoms with Gasteiger partial charge in [0, 0.05) is 29.9 Å². The monoisotopic (exact) mass is 440 g/mol. The molecule has 0 aliphatic carbocycles. The van der Waals surface area contributed by atoms with Crippen LogP contribution in [0.5, 0.6) is 0 Å². The highest BCUT2D eigenvalue weighted by Crippen LogP contribution is 2.14. The van der Waals surface area contributed by atoms with E-state index in [1.54, 1.807) is 75.4 Å². The van der Waals surface area contributed by atoms with Crippen molar-refractivity contribution >= 4 is 35.2 Å². The van der Waals surface area contributed by atoms with Gasteiger partial charge in [0.2, 0.25) is 11.8 Å². The summed E-state index contributed by atoms with van der Waals surface area (Å²) in [6.45, 7) is 5.24. The van der Waals surface area contributed by atoms with E-state index in [0.717, 1.165) is 0 Å². The molecule has 2 aromatic carbocycles. The Morgan fingerprint density at radius 1 is 0.781 bits per heavy atom. The normalized spacial score (nSPS) is 10.6. The highest BCUT2D eigenvalue weighted by molar-refractivity contribution is 5.99. The third-order valence-corrected chi connectivity index (χ3v) is 3.92. The van der Waals surface area contributed by atoms with E-state index in [9.17, 15) is 19.2 Å². The second-order valence-electron chi connectivity index (χ2n) is 7.90. The van der Waals surface area contributed by atoms with E-state index < -0.39 is 11.7 Å². The molecule has 2 aromatic rings. The Kier molecular flexibility index (Phi) is 8.76. The summed E-state index contributed by atoms with van der Waals surface area (Å²) in [5.41, 5.74) is 0.940. The number of benzene rings is 2. The van der Waals surface area contributed by atoms with Gasteiger partial charge >= 0.3 is 6.09 Å². The lowest BCUT2D eigenvalue weighted by molar-refractivity contribution is -0.116. The first-order chi connectivity index (χ1) is 15.1. The number of amides is 4. The predicted molar refractivity (Wildman–Crippen MR) is 121 cm³/mol. The van der Waals surface area contributed by atoms with Crippen molar-refractivity contribution in [2.75, 3.05) is 23.7 Å². The highest BCUT2D eigenvalue weighted by atomic mass is 16.6. The van der Waals surface area contributed by atoms with Crippen molar-refractivity contribution in [1.82, 2.24) is 10.6 Å². The van der Waals surface area contributed by atoms with E-state index in [-0.39, 0.29) is 37.2 Å². The summed E-state index contributed by atoms with van der Waals surface area (Å²) in [7, 11) is 0. The smallest absolute Gasteiger partial charge is 0.407 e. The molecular formula is C23H28N4O5. The van der Waals surface area contributed by atoms with Crippen LogP contribution in [0.2, 0.25) is 0 Å². The van der Waals surface area contributed by atoms with Crippen molar-refractivity contribution in [2.45, 2.75) is 32.8 Å². The van der Waals surface area contributed by atoms with Gasteiger partial charge in [0.15, 0.2) is 0 Å². The Morgan fingerprint density at radius 3 is 1.91 bits per heavy atom. The molecule has 0 saturated carbocycles. The van der Waals surface area contributed by atoms with Crippen LogP contribution >= 0.6 is 0 Å². The Bertz CT molecular complexity index is 937. The molecule has 0 aliphatic heterocycles. The van der Waals surface area contributed by atoms with Gasteiger partial charge in [0.05, 0.1) is 6.54 Å². The molecule has 32 heavy (non-hydrogen) atoms. The largest absolute Gasteiger partial charge is 0.444 e. The van der Waals surface area contributed by atoms with E-state index in [0.29, 0.717) is 16.9 Å². The quantitative estimate of drug-likeness (QED) is 0.502. The average Bonchev–Trinajstić information content (AvgIpc) is 2.73. The van der Waals surface area contributed by atoms with Crippen LogP contribution in [0.25, 0.3) is 0 Å². The number of hydrogen-bond donors (Lipinski definition) is 4. The first-order valence-electron chi connectivity index (χ1n) is 10.1. The topological polar surface area (TPSA) is 126 Å². The van der Waals surface area contributed by atoms with Gasteiger partial charge in [0.25, 0.3) is 5.91 Å². The number of anilines is 2. The van der Waals surface area contributed by atoms with E-state index in [4.69, 9.17) is 4.74 Å². The summed E-state index contributed by atoms with van der Waals surface area (Å²) in [5, 5.41) is 10.4. The lowest BCUT2D eigenvalue weighted by atomic mass is 10.2. The van der Waals surface area contributed by atoms with Crippen LogP contribution in [-0.4, -0.2) is 42.5 Å². The van der Waals surface area contributed by atoms with Crippen molar-refractivity contribution in [3.05, 3.63) is 60.2 Å². The lowest BCUT2D eigenvalue weighted by Crippen LogP contribution is -2.34. The van der Waals surface area contributed by atoms with Crippen LogP contribution < -0.4 is 21.3 Å². The van der Waals surface area contributed by atoms with Gasteiger partial charge < -0.3 is 26.0 Å². The highest BCUT2D eigenvalue weighted by Gasteiger charge is 2.16. The molecule has 0 unspecified atom stereocenters. The number of carbonyl (C=O) groups is 4. The molecule has 0 heterocycles. The molecule has 0 aromatic heterocycles. The summed E-state index contributed by atoms with van der Waals surface area (Å²) in [6.07, 6.45) is -0.496. The molecule has 0 aliphatic rings. The standard InChI is InChI=1S/C23H28N4O5/c1-23(2,3)32-22(31)24-14-13-19(28)26-17-9-11-18(12-10-17)27-20(29)15-25-21(30)16-7-5-4-6-8-16/h4-12H,13-15H2,1-3H3,(H,24,31)(H,25,30)(H,26,28)(H,27,29). The van der Waals surface area contributed by atoms with Gasteiger partial charge in [-0.2, -0.15) is 0 Å². The first-order valence-corrected chi connectivity index (χ1v) is 10.1. The van der Waals surface area contributed by atoms with Gasteiger partial charge in [-0.1, -0.05) is 18.2 Å². The molecule has 4 amide bonds. The van der Waals surface area contributed by atoms with Crippen LogP contribution in [0.1, 0.15) is 37.6 Å². The molecule has 2 rings (SSSR count). The molecule has 170 valence electrons. The number of alkyl carbamates (subject to hydrolysis) is 1. The van der Waals surface area contributed by atoms with Gasteiger partial charge in [-0.3, -0.25) is 14.4 Å². The maximum atomic E-state index is 12.0. The van der Waals surface area contributed by atoms with Crippen molar-refractivity contribution < 1.29 is 23.9 Å². The number of ether oxygens (including phenoxy) is 1. The molecule has 0 bridgehead atoms. The minimum atomic E-state index is -0.600. The van der Waals surface area contributed by atoms with Crippen LogP contribution in [0.4, 0.5) is 16.2 Å². The SMILES string of the molecule is CC(C)(C)OC(=O)NCCC(=O)Nc1ccc(NC(=O)CNC(=O)c2ccccc2)cc1. The zero-order valence-corrected chi connectivity index (χ0v) is 18.4. The van der Waals surface area contributed by atoms with Crippen molar-refractivity contribution in [3.8, 4) is 0 Å². The van der Waals surface area contributed by atoms with Gasteiger partial charge in [-0.05, 0) is 57.2 Å². The van der Waals surface area contributed by atoms with E-state index in [1.807, 2.05) is 0 Å². The van der Waals surface area contributed by atoms with Gasteiger partial charge in [-0.15, -0.1) is 0 Å². The molecular weight excluding hydrogens is 412 g/mol. The van der Waals surface area contributed by atoms with Crippen molar-refractivity contribution in [2.24, 2.45) is 0 Å². The predicted octanol–water partition coefficient (Wildman–Crippen LogP) is 2.91. The third kappa shape index (κ3) is 9.29. The molecule has 0 saturated heterocycles. The zero-order valence-electron chi connectivity index (χ0n) is 18.4. The molecule has 0 fully saturated rings.